The van der Waals surface area contributed by atoms with Crippen molar-refractivity contribution >= 4 is 40.6 Å². The number of rotatable bonds is 7. The number of ether oxygens (including phenoxy) is 1. The summed E-state index contributed by atoms with van der Waals surface area (Å²) in [5.74, 6) is -0.180. The third kappa shape index (κ3) is 5.81. The van der Waals surface area contributed by atoms with Crippen LogP contribution in [-0.4, -0.2) is 28.6 Å². The van der Waals surface area contributed by atoms with Crippen LogP contribution in [0.25, 0.3) is 6.08 Å². The summed E-state index contributed by atoms with van der Waals surface area (Å²) < 4.78 is 5.76. The van der Waals surface area contributed by atoms with E-state index in [1.165, 1.54) is 4.90 Å². The smallest absolute Gasteiger partial charge is 0.293 e. The summed E-state index contributed by atoms with van der Waals surface area (Å²) >= 11 is 0.903. The van der Waals surface area contributed by atoms with Crippen LogP contribution < -0.4 is 10.1 Å². The van der Waals surface area contributed by atoms with Gasteiger partial charge in [0, 0.05) is 11.3 Å². The Morgan fingerprint density at radius 3 is 2.46 bits per heavy atom. The van der Waals surface area contributed by atoms with Gasteiger partial charge in [-0.2, -0.15) is 0 Å². The third-order valence-corrected chi connectivity index (χ3v) is 6.73. The average molecular weight is 487 g/mol. The monoisotopic (exact) mass is 486 g/mol. The molecule has 1 aliphatic rings. The lowest BCUT2D eigenvalue weighted by atomic mass is 10.1. The topological polar surface area (TPSA) is 75.7 Å². The summed E-state index contributed by atoms with van der Waals surface area (Å²) in [6.07, 6.45) is 1.64. The number of aryl methyl sites for hydroxylation is 3. The molecule has 0 aromatic heterocycles. The van der Waals surface area contributed by atoms with E-state index in [0.29, 0.717) is 21.9 Å². The normalized spacial score (nSPS) is 14.5. The van der Waals surface area contributed by atoms with Crippen molar-refractivity contribution in [3.05, 3.63) is 99.5 Å². The second kappa shape index (κ2) is 10.6. The second-order valence-corrected chi connectivity index (χ2v) is 9.36. The van der Waals surface area contributed by atoms with Crippen LogP contribution in [0.4, 0.5) is 10.5 Å². The van der Waals surface area contributed by atoms with Crippen molar-refractivity contribution in [3.63, 3.8) is 0 Å². The second-order valence-electron chi connectivity index (χ2n) is 8.37. The summed E-state index contributed by atoms with van der Waals surface area (Å²) in [6.45, 7) is 5.99. The molecular formula is C28H26N2O4S. The van der Waals surface area contributed by atoms with Crippen LogP contribution in [0.15, 0.2) is 71.6 Å². The van der Waals surface area contributed by atoms with E-state index in [1.54, 1.807) is 24.3 Å². The first-order chi connectivity index (χ1) is 16.8. The Hall–Kier alpha value is -3.84. The highest BCUT2D eigenvalue weighted by Crippen LogP contribution is 2.35. The number of nitrogens with one attached hydrogen (secondary N) is 1. The Morgan fingerprint density at radius 2 is 1.69 bits per heavy atom. The molecule has 0 aliphatic carbocycles. The molecular weight excluding hydrogens is 460 g/mol. The summed E-state index contributed by atoms with van der Waals surface area (Å²) in [5.41, 5.74) is 5.51. The Kier molecular flexibility index (Phi) is 7.36. The van der Waals surface area contributed by atoms with Crippen molar-refractivity contribution < 1.29 is 19.1 Å². The summed E-state index contributed by atoms with van der Waals surface area (Å²) in [6, 6.07) is 20.5. The highest BCUT2D eigenvalue weighted by Gasteiger charge is 2.35. The van der Waals surface area contributed by atoms with Crippen LogP contribution in [0.2, 0.25) is 0 Å². The highest BCUT2D eigenvalue weighted by atomic mass is 32.2. The summed E-state index contributed by atoms with van der Waals surface area (Å²) in [7, 11) is 0. The van der Waals surface area contributed by atoms with Crippen molar-refractivity contribution in [2.75, 3.05) is 11.9 Å². The summed E-state index contributed by atoms with van der Waals surface area (Å²) in [4.78, 5) is 39.5. The molecule has 7 heteroatoms. The first kappa shape index (κ1) is 24.3. The zero-order valence-corrected chi connectivity index (χ0v) is 20.6. The molecule has 0 saturated carbocycles. The number of imide groups is 1. The van der Waals surface area contributed by atoms with Gasteiger partial charge in [0.15, 0.2) is 6.61 Å². The number of carbonyl (C=O) groups excluding carboxylic acids is 3. The van der Waals surface area contributed by atoms with E-state index in [2.05, 4.69) is 5.32 Å². The largest absolute Gasteiger partial charge is 0.483 e. The van der Waals surface area contributed by atoms with Gasteiger partial charge in [0.25, 0.3) is 17.1 Å². The lowest BCUT2D eigenvalue weighted by molar-refractivity contribution is -0.123. The van der Waals surface area contributed by atoms with Gasteiger partial charge in [-0.3, -0.25) is 19.3 Å². The molecule has 0 unspecified atom stereocenters. The molecule has 1 aliphatic heterocycles. The minimum atomic E-state index is -0.342. The first-order valence-corrected chi connectivity index (χ1v) is 12.0. The van der Waals surface area contributed by atoms with Gasteiger partial charge in [-0.15, -0.1) is 0 Å². The number of hydrogen-bond donors (Lipinski definition) is 1. The average Bonchev–Trinajstić information content (AvgIpc) is 3.09. The molecule has 0 radical (unpaired) electrons. The Balaban J connectivity index is 1.44. The lowest BCUT2D eigenvalue weighted by Gasteiger charge is -2.14. The van der Waals surface area contributed by atoms with Crippen LogP contribution in [0.1, 0.15) is 27.8 Å². The molecule has 1 fully saturated rings. The van der Waals surface area contributed by atoms with E-state index in [-0.39, 0.29) is 30.2 Å². The van der Waals surface area contributed by atoms with Gasteiger partial charge in [-0.05, 0) is 79.1 Å². The van der Waals surface area contributed by atoms with Crippen LogP contribution in [-0.2, 0) is 16.1 Å². The van der Waals surface area contributed by atoms with Gasteiger partial charge in [-0.25, -0.2) is 0 Å². The fourth-order valence-electron chi connectivity index (χ4n) is 3.63. The molecule has 1 saturated heterocycles. The van der Waals surface area contributed by atoms with Crippen molar-refractivity contribution in [3.8, 4) is 5.75 Å². The number of amides is 3. The van der Waals surface area contributed by atoms with E-state index in [9.17, 15) is 14.4 Å². The third-order valence-electron chi connectivity index (χ3n) is 5.82. The van der Waals surface area contributed by atoms with E-state index >= 15 is 0 Å². The Labute approximate surface area is 209 Å². The number of carbonyl (C=O) groups is 3. The molecule has 1 heterocycles. The van der Waals surface area contributed by atoms with E-state index in [1.807, 2.05) is 69.3 Å². The van der Waals surface area contributed by atoms with Crippen LogP contribution in [0.5, 0.6) is 5.75 Å². The number of nitrogens with zero attached hydrogens (tertiary/aromatic N) is 1. The predicted octanol–water partition coefficient (Wildman–Crippen LogP) is 5.87. The number of anilines is 1. The number of benzene rings is 3. The first-order valence-electron chi connectivity index (χ1n) is 11.2. The van der Waals surface area contributed by atoms with Crippen molar-refractivity contribution in [2.24, 2.45) is 0 Å². The quantitative estimate of drug-likeness (QED) is 0.423. The maximum Gasteiger partial charge on any atom is 0.293 e. The lowest BCUT2D eigenvalue weighted by Crippen LogP contribution is -2.27. The van der Waals surface area contributed by atoms with Gasteiger partial charge < -0.3 is 10.1 Å². The Bertz CT molecular complexity index is 1330. The summed E-state index contributed by atoms with van der Waals surface area (Å²) in [5, 5.41) is 2.52. The predicted molar refractivity (Wildman–Crippen MR) is 139 cm³/mol. The van der Waals surface area contributed by atoms with Gasteiger partial charge in [0.1, 0.15) is 5.75 Å². The SMILES string of the molecule is Cc1ccc(NC(=O)COc2ccccc2/C=C2\SC(=O)N(Cc3ccccc3C)C2=O)cc1C. The zero-order chi connectivity index (χ0) is 24.9. The van der Waals surface area contributed by atoms with Crippen molar-refractivity contribution in [2.45, 2.75) is 27.3 Å². The van der Waals surface area contributed by atoms with E-state index in [4.69, 9.17) is 4.74 Å². The molecule has 178 valence electrons. The molecule has 4 rings (SSSR count). The number of thioether (sulfide) groups is 1. The van der Waals surface area contributed by atoms with Crippen LogP contribution >= 0.6 is 11.8 Å². The molecule has 0 atom stereocenters. The van der Waals surface area contributed by atoms with E-state index in [0.717, 1.165) is 34.0 Å². The van der Waals surface area contributed by atoms with Gasteiger partial charge >= 0.3 is 0 Å². The van der Waals surface area contributed by atoms with Crippen molar-refractivity contribution in [1.82, 2.24) is 4.90 Å². The van der Waals surface area contributed by atoms with Crippen molar-refractivity contribution in [1.29, 1.82) is 0 Å². The fourth-order valence-corrected chi connectivity index (χ4v) is 4.46. The van der Waals surface area contributed by atoms with Crippen LogP contribution in [0, 0.1) is 20.8 Å². The minimum absolute atomic E-state index is 0.188. The van der Waals surface area contributed by atoms with Gasteiger partial charge in [0.2, 0.25) is 0 Å². The maximum absolute atomic E-state index is 13.0. The molecule has 3 aromatic carbocycles. The molecule has 6 nitrogen and oxygen atoms in total. The molecule has 1 N–H and O–H groups in total. The number of para-hydroxylation sites is 1. The minimum Gasteiger partial charge on any atom is -0.483 e. The molecule has 35 heavy (non-hydrogen) atoms. The van der Waals surface area contributed by atoms with Gasteiger partial charge in [-0.1, -0.05) is 48.5 Å². The van der Waals surface area contributed by atoms with Gasteiger partial charge in [0.05, 0.1) is 11.4 Å². The highest BCUT2D eigenvalue weighted by molar-refractivity contribution is 8.18. The molecule has 3 amide bonds. The van der Waals surface area contributed by atoms with Crippen LogP contribution in [0.3, 0.4) is 0 Å². The standard InChI is InChI=1S/C28H26N2O4S/c1-18-12-13-23(14-20(18)3)29-26(31)17-34-24-11-7-6-9-21(24)15-25-27(32)30(28(33)35-25)16-22-10-5-4-8-19(22)2/h4-15H,16-17H2,1-3H3,(H,29,31)/b25-15-. The zero-order valence-electron chi connectivity index (χ0n) is 19.8. The molecule has 3 aromatic rings. The van der Waals surface area contributed by atoms with E-state index < -0.39 is 0 Å². The molecule has 0 spiro atoms. The maximum atomic E-state index is 13.0. The molecule has 0 bridgehead atoms. The fraction of sp³-hybridized carbons (Fsp3) is 0.179. The number of hydrogen-bond acceptors (Lipinski definition) is 5. The Morgan fingerprint density at radius 1 is 0.943 bits per heavy atom.